The van der Waals surface area contributed by atoms with Gasteiger partial charge in [-0.25, -0.2) is 10.4 Å². The van der Waals surface area contributed by atoms with Crippen molar-refractivity contribution >= 4 is 50.7 Å². The molecule has 0 saturated heterocycles. The van der Waals surface area contributed by atoms with Gasteiger partial charge in [-0.05, 0) is 66.2 Å². The van der Waals surface area contributed by atoms with Gasteiger partial charge in [0.15, 0.2) is 5.16 Å². The van der Waals surface area contributed by atoms with E-state index in [1.165, 1.54) is 22.9 Å². The highest BCUT2D eigenvalue weighted by Gasteiger charge is 2.14. The summed E-state index contributed by atoms with van der Waals surface area (Å²) in [6.45, 7) is 0. The van der Waals surface area contributed by atoms with Crippen molar-refractivity contribution in [1.82, 2.24) is 15.0 Å². The van der Waals surface area contributed by atoms with E-state index in [4.69, 9.17) is 0 Å². The Morgan fingerprint density at radius 1 is 1.09 bits per heavy atom. The van der Waals surface area contributed by atoms with E-state index >= 15 is 0 Å². The molecule has 7 nitrogen and oxygen atoms in total. The van der Waals surface area contributed by atoms with Crippen LogP contribution in [0.4, 0.5) is 0 Å². The molecule has 0 bridgehead atoms. The third kappa shape index (κ3) is 5.06. The molecule has 9 heteroatoms. The van der Waals surface area contributed by atoms with Crippen LogP contribution in [0.5, 0.6) is 5.75 Å². The maximum absolute atomic E-state index is 13.2. The maximum Gasteiger partial charge on any atom is 0.266 e. The number of aromatic nitrogens is 2. The summed E-state index contributed by atoms with van der Waals surface area (Å²) >= 11 is 4.55. The van der Waals surface area contributed by atoms with E-state index in [2.05, 4.69) is 31.4 Å². The molecule has 2 N–H and O–H groups in total. The summed E-state index contributed by atoms with van der Waals surface area (Å²) in [5, 5.41) is 14.1. The number of nitrogens with zero attached hydrogens (tertiary/aromatic N) is 3. The van der Waals surface area contributed by atoms with E-state index in [0.717, 1.165) is 21.8 Å². The Morgan fingerprint density at radius 2 is 1.81 bits per heavy atom. The van der Waals surface area contributed by atoms with Crippen LogP contribution in [-0.4, -0.2) is 32.5 Å². The second kappa shape index (κ2) is 9.80. The van der Waals surface area contributed by atoms with E-state index < -0.39 is 0 Å². The van der Waals surface area contributed by atoms with Crippen molar-refractivity contribution in [3.63, 3.8) is 0 Å². The van der Waals surface area contributed by atoms with Crippen molar-refractivity contribution in [2.45, 2.75) is 5.16 Å². The monoisotopic (exact) mass is 508 g/mol. The van der Waals surface area contributed by atoms with Gasteiger partial charge in [0.1, 0.15) is 5.75 Å². The van der Waals surface area contributed by atoms with Gasteiger partial charge in [-0.2, -0.15) is 5.10 Å². The summed E-state index contributed by atoms with van der Waals surface area (Å²) < 4.78 is 2.40. The summed E-state index contributed by atoms with van der Waals surface area (Å²) in [6.07, 6.45) is 1.48. The first-order chi connectivity index (χ1) is 15.5. The molecule has 0 aliphatic heterocycles. The molecule has 0 spiro atoms. The fraction of sp³-hybridized carbons (Fsp3) is 0.0435. The Balaban J connectivity index is 1.56. The van der Waals surface area contributed by atoms with Crippen molar-refractivity contribution in [1.29, 1.82) is 0 Å². The Kier molecular flexibility index (Phi) is 6.67. The van der Waals surface area contributed by atoms with E-state index in [1.807, 2.05) is 30.3 Å². The average molecular weight is 509 g/mol. The van der Waals surface area contributed by atoms with E-state index in [9.17, 15) is 14.7 Å². The van der Waals surface area contributed by atoms with Crippen LogP contribution in [0.1, 0.15) is 5.56 Å². The van der Waals surface area contributed by atoms with Crippen LogP contribution < -0.4 is 11.0 Å². The number of phenols is 1. The third-order valence-corrected chi connectivity index (χ3v) is 5.93. The van der Waals surface area contributed by atoms with E-state index in [-0.39, 0.29) is 23.0 Å². The second-order valence-corrected chi connectivity index (χ2v) is 8.56. The van der Waals surface area contributed by atoms with Gasteiger partial charge in [0.05, 0.1) is 28.6 Å². The van der Waals surface area contributed by atoms with Crippen LogP contribution >= 0.6 is 27.7 Å². The minimum Gasteiger partial charge on any atom is -0.508 e. The lowest BCUT2D eigenvalue weighted by Crippen LogP contribution is -2.24. The number of rotatable bonds is 6. The number of para-hydroxylation sites is 1. The summed E-state index contributed by atoms with van der Waals surface area (Å²) in [5.74, 6) is -0.161. The van der Waals surface area contributed by atoms with E-state index in [0.29, 0.717) is 21.7 Å². The van der Waals surface area contributed by atoms with Crippen LogP contribution in [-0.2, 0) is 4.79 Å². The topological polar surface area (TPSA) is 96.6 Å². The zero-order valence-electron chi connectivity index (χ0n) is 16.6. The third-order valence-electron chi connectivity index (χ3n) is 4.46. The zero-order valence-corrected chi connectivity index (χ0v) is 19.0. The van der Waals surface area contributed by atoms with Gasteiger partial charge in [0.25, 0.3) is 11.5 Å². The molecule has 0 aliphatic carbocycles. The predicted molar refractivity (Wildman–Crippen MR) is 130 cm³/mol. The van der Waals surface area contributed by atoms with Gasteiger partial charge in [-0.3, -0.25) is 14.2 Å². The summed E-state index contributed by atoms with van der Waals surface area (Å²) in [4.78, 5) is 30.1. The Bertz CT molecular complexity index is 1350. The number of phenolic OH excluding ortho intramolecular Hbond substituents is 1. The summed E-state index contributed by atoms with van der Waals surface area (Å²) in [5.41, 5.74) is 4.22. The number of hydrogen-bond acceptors (Lipinski definition) is 6. The maximum atomic E-state index is 13.2. The first-order valence-electron chi connectivity index (χ1n) is 9.53. The number of benzene rings is 3. The molecule has 0 atom stereocenters. The number of hydrazone groups is 1. The first-order valence-corrected chi connectivity index (χ1v) is 11.3. The molecule has 1 amide bonds. The number of aromatic hydroxyl groups is 1. The fourth-order valence-electron chi connectivity index (χ4n) is 2.93. The number of nitrogens with one attached hydrogen (secondary N) is 1. The summed E-state index contributed by atoms with van der Waals surface area (Å²) in [6, 6.07) is 20.9. The predicted octanol–water partition coefficient (Wildman–Crippen LogP) is 4.10. The van der Waals surface area contributed by atoms with Gasteiger partial charge in [-0.15, -0.1) is 0 Å². The lowest BCUT2D eigenvalue weighted by Gasteiger charge is -2.13. The smallest absolute Gasteiger partial charge is 0.266 e. The number of carbonyl (C=O) groups excluding carboxylic acids is 1. The van der Waals surface area contributed by atoms with Crippen molar-refractivity contribution in [3.05, 3.63) is 93.2 Å². The quantitative estimate of drug-likeness (QED) is 0.177. The Hall–Kier alpha value is -3.43. The van der Waals surface area contributed by atoms with Gasteiger partial charge < -0.3 is 5.11 Å². The number of hydrogen-bond donors (Lipinski definition) is 2. The number of fused-ring (bicyclic) bond motifs is 1. The molecule has 0 unspecified atom stereocenters. The SMILES string of the molecule is O=C(CSc1nc2ccccc2c(=O)n1-c1ccc(Br)cc1)NN=Cc1ccc(O)cc1. The minimum absolute atomic E-state index is 0.0220. The van der Waals surface area contributed by atoms with Gasteiger partial charge >= 0.3 is 0 Å². The number of halogens is 1. The summed E-state index contributed by atoms with van der Waals surface area (Å²) in [7, 11) is 0. The molecule has 32 heavy (non-hydrogen) atoms. The van der Waals surface area contributed by atoms with Crippen molar-refractivity contribution in [3.8, 4) is 11.4 Å². The van der Waals surface area contributed by atoms with Gasteiger partial charge in [0, 0.05) is 4.47 Å². The molecular formula is C23H17BrN4O3S. The molecule has 3 aromatic carbocycles. The molecule has 0 radical (unpaired) electrons. The zero-order chi connectivity index (χ0) is 22.5. The highest BCUT2D eigenvalue weighted by molar-refractivity contribution is 9.10. The highest BCUT2D eigenvalue weighted by Crippen LogP contribution is 2.22. The molecule has 160 valence electrons. The normalized spacial score (nSPS) is 11.2. The van der Waals surface area contributed by atoms with Crippen LogP contribution in [0.25, 0.3) is 16.6 Å². The number of thioether (sulfide) groups is 1. The molecule has 0 aliphatic rings. The van der Waals surface area contributed by atoms with E-state index in [1.54, 1.807) is 30.3 Å². The average Bonchev–Trinajstić information content (AvgIpc) is 2.80. The van der Waals surface area contributed by atoms with Crippen LogP contribution in [0.2, 0.25) is 0 Å². The molecule has 4 rings (SSSR count). The number of amides is 1. The minimum atomic E-state index is -0.338. The van der Waals surface area contributed by atoms with Crippen molar-refractivity contribution in [2.75, 3.05) is 5.75 Å². The molecule has 0 fully saturated rings. The highest BCUT2D eigenvalue weighted by atomic mass is 79.9. The van der Waals surface area contributed by atoms with Crippen LogP contribution in [0.15, 0.2) is 92.3 Å². The molecule has 4 aromatic rings. The first kappa shape index (κ1) is 21.8. The molecule has 1 aromatic heterocycles. The second-order valence-electron chi connectivity index (χ2n) is 6.70. The van der Waals surface area contributed by atoms with Crippen molar-refractivity contribution in [2.24, 2.45) is 5.10 Å². The van der Waals surface area contributed by atoms with Crippen molar-refractivity contribution < 1.29 is 9.90 Å². The van der Waals surface area contributed by atoms with Gasteiger partial charge in [-0.1, -0.05) is 39.8 Å². The lowest BCUT2D eigenvalue weighted by atomic mass is 10.2. The molecule has 0 saturated carbocycles. The Labute approximate surface area is 195 Å². The largest absolute Gasteiger partial charge is 0.508 e. The van der Waals surface area contributed by atoms with Crippen LogP contribution in [0.3, 0.4) is 0 Å². The molecule has 1 heterocycles. The fourth-order valence-corrected chi connectivity index (χ4v) is 4.00. The Morgan fingerprint density at radius 3 is 2.56 bits per heavy atom. The molecular weight excluding hydrogens is 492 g/mol. The lowest BCUT2D eigenvalue weighted by molar-refractivity contribution is -0.118. The van der Waals surface area contributed by atoms with Gasteiger partial charge in [0.2, 0.25) is 0 Å². The number of carbonyl (C=O) groups is 1. The standard InChI is InChI=1S/C23H17BrN4O3S/c24-16-7-9-17(10-8-16)28-22(31)19-3-1-2-4-20(19)26-23(28)32-14-21(30)27-25-13-15-5-11-18(29)12-6-15/h1-13,29H,14H2,(H,27,30). The van der Waals surface area contributed by atoms with Crippen LogP contribution in [0, 0.1) is 0 Å².